The van der Waals surface area contributed by atoms with E-state index < -0.39 is 0 Å². The van der Waals surface area contributed by atoms with Crippen LogP contribution in [0.2, 0.25) is 0 Å². The number of rotatable bonds is 4. The zero-order valence-corrected chi connectivity index (χ0v) is 9.27. The smallest absolute Gasteiger partial charge is 0.0608 e. The molecule has 0 aliphatic heterocycles. The van der Waals surface area contributed by atoms with Crippen LogP contribution in [0.4, 0.5) is 0 Å². The number of hydrogen-bond acceptors (Lipinski definition) is 1. The molecule has 14 heavy (non-hydrogen) atoms. The summed E-state index contributed by atoms with van der Waals surface area (Å²) >= 11 is 0. The Morgan fingerprint density at radius 1 is 1.14 bits per heavy atom. The summed E-state index contributed by atoms with van der Waals surface area (Å²) in [5.41, 5.74) is 1.25. The van der Waals surface area contributed by atoms with Crippen molar-refractivity contribution >= 4 is 0 Å². The molecule has 0 amide bonds. The van der Waals surface area contributed by atoms with Crippen LogP contribution in [0.5, 0.6) is 0 Å². The molecule has 0 unspecified atom stereocenters. The van der Waals surface area contributed by atoms with E-state index in [4.69, 9.17) is 0 Å². The molecule has 0 bridgehead atoms. The zero-order chi connectivity index (χ0) is 10.6. The minimum Gasteiger partial charge on any atom is -0.392 e. The summed E-state index contributed by atoms with van der Waals surface area (Å²) in [6, 6.07) is 10.3. The highest BCUT2D eigenvalue weighted by molar-refractivity contribution is 5.21. The lowest BCUT2D eigenvalue weighted by Crippen LogP contribution is -2.22. The van der Waals surface area contributed by atoms with Crippen LogP contribution in [0, 0.1) is 5.92 Å². The van der Waals surface area contributed by atoms with Crippen molar-refractivity contribution < 1.29 is 5.11 Å². The van der Waals surface area contributed by atoms with Gasteiger partial charge in [-0.3, -0.25) is 0 Å². The molecule has 2 atom stereocenters. The van der Waals surface area contributed by atoms with Gasteiger partial charge in [0.05, 0.1) is 6.10 Å². The van der Waals surface area contributed by atoms with Gasteiger partial charge in [-0.1, -0.05) is 51.1 Å². The fourth-order valence-electron chi connectivity index (χ4n) is 1.98. The minimum atomic E-state index is -0.225. The van der Waals surface area contributed by atoms with Gasteiger partial charge in [0.1, 0.15) is 0 Å². The maximum Gasteiger partial charge on any atom is 0.0608 e. The Hall–Kier alpha value is -0.820. The number of aliphatic hydroxyl groups is 1. The molecule has 1 heteroatoms. The van der Waals surface area contributed by atoms with Crippen LogP contribution in [0.1, 0.15) is 38.7 Å². The molecule has 1 N–H and O–H groups in total. The second-order valence-corrected chi connectivity index (χ2v) is 4.16. The van der Waals surface area contributed by atoms with Crippen molar-refractivity contribution in [2.75, 3.05) is 0 Å². The van der Waals surface area contributed by atoms with Gasteiger partial charge in [-0.05, 0) is 17.9 Å². The maximum atomic E-state index is 9.94. The summed E-state index contributed by atoms with van der Waals surface area (Å²) in [6.07, 6.45) is 0.593. The van der Waals surface area contributed by atoms with E-state index in [1.54, 1.807) is 0 Å². The SMILES string of the molecule is CC[C@@H](O)[C@@H](c1ccccc1)C(C)C. The Labute approximate surface area is 86.8 Å². The second-order valence-electron chi connectivity index (χ2n) is 4.16. The van der Waals surface area contributed by atoms with Crippen LogP contribution in [0.15, 0.2) is 30.3 Å². The van der Waals surface area contributed by atoms with Crippen LogP contribution >= 0.6 is 0 Å². The zero-order valence-electron chi connectivity index (χ0n) is 9.27. The highest BCUT2D eigenvalue weighted by Gasteiger charge is 2.22. The monoisotopic (exact) mass is 192 g/mol. The minimum absolute atomic E-state index is 0.225. The molecule has 0 heterocycles. The Balaban J connectivity index is 2.89. The van der Waals surface area contributed by atoms with Crippen LogP contribution in [-0.2, 0) is 0 Å². The summed E-state index contributed by atoms with van der Waals surface area (Å²) in [5, 5.41) is 9.94. The predicted molar refractivity (Wildman–Crippen MR) is 60.3 cm³/mol. The van der Waals surface area contributed by atoms with E-state index >= 15 is 0 Å². The Bertz CT molecular complexity index is 253. The lowest BCUT2D eigenvalue weighted by atomic mass is 9.83. The highest BCUT2D eigenvalue weighted by atomic mass is 16.3. The summed E-state index contributed by atoms with van der Waals surface area (Å²) < 4.78 is 0. The van der Waals surface area contributed by atoms with E-state index in [9.17, 15) is 5.11 Å². The molecule has 1 nitrogen and oxygen atoms in total. The van der Waals surface area contributed by atoms with Gasteiger partial charge in [0.15, 0.2) is 0 Å². The molecule has 0 saturated heterocycles. The predicted octanol–water partition coefficient (Wildman–Crippen LogP) is 3.20. The average Bonchev–Trinajstić information content (AvgIpc) is 2.19. The average molecular weight is 192 g/mol. The van der Waals surface area contributed by atoms with E-state index in [2.05, 4.69) is 26.0 Å². The summed E-state index contributed by atoms with van der Waals surface area (Å²) in [6.45, 7) is 6.36. The van der Waals surface area contributed by atoms with Crippen LogP contribution in [0.3, 0.4) is 0 Å². The first-order chi connectivity index (χ1) is 6.66. The molecule has 1 aromatic carbocycles. The molecule has 0 aliphatic rings. The summed E-state index contributed by atoms with van der Waals surface area (Å²) in [7, 11) is 0. The van der Waals surface area contributed by atoms with Crippen LogP contribution in [0.25, 0.3) is 0 Å². The van der Waals surface area contributed by atoms with Crippen LogP contribution < -0.4 is 0 Å². The van der Waals surface area contributed by atoms with Gasteiger partial charge in [-0.15, -0.1) is 0 Å². The van der Waals surface area contributed by atoms with Crippen molar-refractivity contribution in [1.29, 1.82) is 0 Å². The molecule has 0 fully saturated rings. The fourth-order valence-corrected chi connectivity index (χ4v) is 1.98. The van der Waals surface area contributed by atoms with E-state index in [1.807, 2.05) is 25.1 Å². The first-order valence-electron chi connectivity index (χ1n) is 5.39. The van der Waals surface area contributed by atoms with Gasteiger partial charge >= 0.3 is 0 Å². The topological polar surface area (TPSA) is 20.2 Å². The lowest BCUT2D eigenvalue weighted by Gasteiger charge is -2.26. The van der Waals surface area contributed by atoms with Crippen molar-refractivity contribution in [3.8, 4) is 0 Å². The van der Waals surface area contributed by atoms with Gasteiger partial charge in [0, 0.05) is 5.92 Å². The quantitative estimate of drug-likeness (QED) is 0.776. The third kappa shape index (κ3) is 2.58. The van der Waals surface area contributed by atoms with Crippen LogP contribution in [-0.4, -0.2) is 11.2 Å². The molecular weight excluding hydrogens is 172 g/mol. The molecule has 0 aliphatic carbocycles. The standard InChI is InChI=1S/C13H20O/c1-4-12(14)13(10(2)3)11-8-6-5-7-9-11/h5-10,12-14H,4H2,1-3H3/t12-,13-/m1/s1. The normalized spacial score (nSPS) is 15.5. The first-order valence-corrected chi connectivity index (χ1v) is 5.39. The third-order valence-electron chi connectivity index (χ3n) is 2.74. The fraction of sp³-hybridized carbons (Fsp3) is 0.538. The van der Waals surface area contributed by atoms with E-state index in [-0.39, 0.29) is 12.0 Å². The Morgan fingerprint density at radius 3 is 2.14 bits per heavy atom. The molecule has 0 saturated carbocycles. The number of hydrogen-bond donors (Lipinski definition) is 1. The van der Waals surface area contributed by atoms with Gasteiger partial charge < -0.3 is 5.11 Å². The first kappa shape index (κ1) is 11.3. The summed E-state index contributed by atoms with van der Waals surface area (Å²) in [5.74, 6) is 0.744. The number of benzene rings is 1. The molecule has 0 radical (unpaired) electrons. The van der Waals surface area contributed by atoms with Crippen molar-refractivity contribution in [1.82, 2.24) is 0 Å². The summed E-state index contributed by atoms with van der Waals surface area (Å²) in [4.78, 5) is 0. The number of aliphatic hydroxyl groups excluding tert-OH is 1. The van der Waals surface area contributed by atoms with E-state index in [0.29, 0.717) is 5.92 Å². The Morgan fingerprint density at radius 2 is 1.71 bits per heavy atom. The molecule has 0 aromatic heterocycles. The Kier molecular flexibility index (Phi) is 4.15. The van der Waals surface area contributed by atoms with Gasteiger partial charge in [-0.2, -0.15) is 0 Å². The molecule has 78 valence electrons. The maximum absolute atomic E-state index is 9.94. The molecule has 0 spiro atoms. The second kappa shape index (κ2) is 5.16. The van der Waals surface area contributed by atoms with Crippen molar-refractivity contribution in [3.05, 3.63) is 35.9 Å². The largest absolute Gasteiger partial charge is 0.392 e. The third-order valence-corrected chi connectivity index (χ3v) is 2.74. The van der Waals surface area contributed by atoms with Crippen molar-refractivity contribution in [3.63, 3.8) is 0 Å². The van der Waals surface area contributed by atoms with Crippen molar-refractivity contribution in [2.45, 2.75) is 39.2 Å². The lowest BCUT2D eigenvalue weighted by molar-refractivity contribution is 0.118. The van der Waals surface area contributed by atoms with Gasteiger partial charge in [0.25, 0.3) is 0 Å². The van der Waals surface area contributed by atoms with Gasteiger partial charge in [-0.25, -0.2) is 0 Å². The van der Waals surface area contributed by atoms with Gasteiger partial charge in [0.2, 0.25) is 0 Å². The highest BCUT2D eigenvalue weighted by Crippen LogP contribution is 2.29. The van der Waals surface area contributed by atoms with E-state index in [0.717, 1.165) is 6.42 Å². The van der Waals surface area contributed by atoms with Crippen molar-refractivity contribution in [2.24, 2.45) is 5.92 Å². The molecule has 1 rings (SSSR count). The molecular formula is C13H20O. The molecule has 1 aromatic rings. The van der Waals surface area contributed by atoms with E-state index in [1.165, 1.54) is 5.56 Å².